The lowest BCUT2D eigenvalue weighted by Gasteiger charge is -2.51. The molecule has 3 aromatic rings. The molecule has 0 aliphatic carbocycles. The van der Waals surface area contributed by atoms with Gasteiger partial charge in [-0.25, -0.2) is 9.59 Å². The quantitative estimate of drug-likeness (QED) is 0.403. The third kappa shape index (κ3) is 3.69. The van der Waals surface area contributed by atoms with Gasteiger partial charge in [0, 0.05) is 5.69 Å². The van der Waals surface area contributed by atoms with E-state index >= 15 is 0 Å². The Morgan fingerprint density at radius 2 is 1.50 bits per heavy atom. The standard InChI is InChI=1S/C27H24N2O5/c1-2-33-26(31)20-13-15-21(16-14-20)28-23(19-11-7-4-8-12-19)24(25(28)30)29-22(17-34-27(29)32)18-9-5-3-6-10-18/h3-16,22-24H,2,17H2,1H3/t22-,23-,24+/m0/s1. The number of anilines is 1. The number of benzene rings is 3. The number of carbonyl (C=O) groups excluding carboxylic acids is 3. The van der Waals surface area contributed by atoms with Crippen molar-refractivity contribution in [1.29, 1.82) is 0 Å². The van der Waals surface area contributed by atoms with Crippen molar-refractivity contribution in [2.24, 2.45) is 0 Å². The fraction of sp³-hybridized carbons (Fsp3) is 0.222. The van der Waals surface area contributed by atoms with Gasteiger partial charge in [-0.1, -0.05) is 60.7 Å². The van der Waals surface area contributed by atoms with Gasteiger partial charge in [-0.3, -0.25) is 9.69 Å². The molecule has 172 valence electrons. The van der Waals surface area contributed by atoms with Crippen LogP contribution in [-0.2, 0) is 14.3 Å². The van der Waals surface area contributed by atoms with Gasteiger partial charge in [0.25, 0.3) is 5.91 Å². The molecule has 0 unspecified atom stereocenters. The minimum atomic E-state index is -0.702. The number of carbonyl (C=O) groups is 3. The summed E-state index contributed by atoms with van der Waals surface area (Å²) in [6.07, 6.45) is -0.495. The highest BCUT2D eigenvalue weighted by molar-refractivity contribution is 6.07. The highest BCUT2D eigenvalue weighted by atomic mass is 16.6. The Bertz CT molecular complexity index is 1200. The molecular formula is C27H24N2O5. The first-order valence-corrected chi connectivity index (χ1v) is 11.3. The summed E-state index contributed by atoms with van der Waals surface area (Å²) in [5.74, 6) is -0.607. The molecule has 5 rings (SSSR count). The van der Waals surface area contributed by atoms with Gasteiger partial charge in [0.05, 0.1) is 24.3 Å². The highest BCUT2D eigenvalue weighted by Gasteiger charge is 2.57. The molecule has 0 saturated carbocycles. The Kier molecular flexibility index (Phi) is 5.76. The SMILES string of the molecule is CCOC(=O)c1ccc(N2C(=O)[C@H](N3C(=O)OC[C@H]3c3ccccc3)[C@@H]2c2ccccc2)cc1. The molecule has 2 amide bonds. The predicted octanol–water partition coefficient (Wildman–Crippen LogP) is 4.51. The van der Waals surface area contributed by atoms with Crippen LogP contribution < -0.4 is 4.90 Å². The fourth-order valence-corrected chi connectivity index (χ4v) is 4.66. The van der Waals surface area contributed by atoms with E-state index in [1.165, 1.54) is 0 Å². The summed E-state index contributed by atoms with van der Waals surface area (Å²) in [7, 11) is 0. The zero-order valence-electron chi connectivity index (χ0n) is 18.7. The van der Waals surface area contributed by atoms with Crippen LogP contribution in [0.15, 0.2) is 84.9 Å². The summed E-state index contributed by atoms with van der Waals surface area (Å²) in [5, 5.41) is 0. The molecule has 0 aromatic heterocycles. The van der Waals surface area contributed by atoms with Gasteiger partial charge < -0.3 is 14.4 Å². The van der Waals surface area contributed by atoms with Crippen LogP contribution in [0.1, 0.15) is 40.5 Å². The minimum Gasteiger partial charge on any atom is -0.462 e. The maximum Gasteiger partial charge on any atom is 0.411 e. The first kappa shape index (κ1) is 21.7. The lowest BCUT2D eigenvalue weighted by molar-refractivity contribution is -0.131. The summed E-state index contributed by atoms with van der Waals surface area (Å²) in [6.45, 7) is 2.24. The summed E-state index contributed by atoms with van der Waals surface area (Å²) >= 11 is 0. The molecule has 2 fully saturated rings. The zero-order valence-corrected chi connectivity index (χ0v) is 18.7. The highest BCUT2D eigenvalue weighted by Crippen LogP contribution is 2.45. The fourth-order valence-electron chi connectivity index (χ4n) is 4.66. The van der Waals surface area contributed by atoms with Gasteiger partial charge in [-0.15, -0.1) is 0 Å². The number of nitrogens with zero attached hydrogens (tertiary/aromatic N) is 2. The van der Waals surface area contributed by atoms with E-state index in [1.807, 2.05) is 60.7 Å². The van der Waals surface area contributed by atoms with Gasteiger partial charge in [0.15, 0.2) is 0 Å². The van der Waals surface area contributed by atoms with Crippen LogP contribution in [0.3, 0.4) is 0 Å². The number of cyclic esters (lactones) is 1. The minimum absolute atomic E-state index is 0.197. The van der Waals surface area contributed by atoms with Crippen LogP contribution in [0, 0.1) is 0 Å². The van der Waals surface area contributed by atoms with E-state index < -0.39 is 18.1 Å². The second-order valence-corrected chi connectivity index (χ2v) is 8.19. The van der Waals surface area contributed by atoms with Gasteiger partial charge in [-0.2, -0.15) is 0 Å². The number of ether oxygens (including phenoxy) is 2. The molecule has 0 N–H and O–H groups in total. The Labute approximate surface area is 197 Å². The molecule has 7 heteroatoms. The average molecular weight is 456 g/mol. The molecule has 0 radical (unpaired) electrons. The Morgan fingerprint density at radius 3 is 2.12 bits per heavy atom. The third-order valence-corrected chi connectivity index (χ3v) is 6.26. The van der Waals surface area contributed by atoms with Crippen molar-refractivity contribution >= 4 is 23.7 Å². The zero-order chi connectivity index (χ0) is 23.7. The van der Waals surface area contributed by atoms with Crippen molar-refractivity contribution in [2.45, 2.75) is 25.0 Å². The summed E-state index contributed by atoms with van der Waals surface area (Å²) in [6, 6.07) is 24.5. The predicted molar refractivity (Wildman–Crippen MR) is 125 cm³/mol. The maximum atomic E-state index is 13.6. The number of amides is 2. The number of hydrogen-bond donors (Lipinski definition) is 0. The molecule has 2 aliphatic rings. The molecule has 2 aliphatic heterocycles. The van der Waals surface area contributed by atoms with Crippen molar-refractivity contribution < 1.29 is 23.9 Å². The molecule has 2 saturated heterocycles. The van der Waals surface area contributed by atoms with Crippen molar-refractivity contribution in [3.63, 3.8) is 0 Å². The normalized spacial score (nSPS) is 21.7. The monoisotopic (exact) mass is 456 g/mol. The van der Waals surface area contributed by atoms with E-state index in [0.717, 1.165) is 11.1 Å². The first-order valence-electron chi connectivity index (χ1n) is 11.3. The summed E-state index contributed by atoms with van der Waals surface area (Å²) < 4.78 is 10.4. The van der Waals surface area contributed by atoms with E-state index in [-0.39, 0.29) is 31.2 Å². The lowest BCUT2D eigenvalue weighted by atomic mass is 9.85. The Morgan fingerprint density at radius 1 is 0.882 bits per heavy atom. The van der Waals surface area contributed by atoms with E-state index in [4.69, 9.17) is 9.47 Å². The number of hydrogen-bond acceptors (Lipinski definition) is 5. The maximum absolute atomic E-state index is 13.6. The number of esters is 1. The molecule has 3 aromatic carbocycles. The molecule has 7 nitrogen and oxygen atoms in total. The van der Waals surface area contributed by atoms with Gasteiger partial charge in [-0.05, 0) is 42.3 Å². The van der Waals surface area contributed by atoms with Crippen molar-refractivity contribution in [3.05, 3.63) is 102 Å². The van der Waals surface area contributed by atoms with E-state index in [2.05, 4.69) is 0 Å². The van der Waals surface area contributed by atoms with Crippen LogP contribution in [0.5, 0.6) is 0 Å². The van der Waals surface area contributed by atoms with Crippen molar-refractivity contribution in [3.8, 4) is 0 Å². The van der Waals surface area contributed by atoms with Crippen molar-refractivity contribution in [2.75, 3.05) is 18.1 Å². The van der Waals surface area contributed by atoms with Gasteiger partial charge in [0.1, 0.15) is 12.6 Å². The number of β-lactam (4-membered cyclic amide) rings is 1. The van der Waals surface area contributed by atoms with Crippen molar-refractivity contribution in [1.82, 2.24) is 4.90 Å². The first-order chi connectivity index (χ1) is 16.6. The van der Waals surface area contributed by atoms with Gasteiger partial charge >= 0.3 is 12.1 Å². The largest absolute Gasteiger partial charge is 0.462 e. The molecule has 0 bridgehead atoms. The second-order valence-electron chi connectivity index (χ2n) is 8.19. The van der Waals surface area contributed by atoms with Crippen LogP contribution in [0.4, 0.5) is 10.5 Å². The average Bonchev–Trinajstić information content (AvgIpc) is 3.24. The summed E-state index contributed by atoms with van der Waals surface area (Å²) in [5.41, 5.74) is 2.89. The molecule has 34 heavy (non-hydrogen) atoms. The van der Waals surface area contributed by atoms with Crippen LogP contribution in [0.25, 0.3) is 0 Å². The van der Waals surface area contributed by atoms with E-state index in [9.17, 15) is 14.4 Å². The second kappa shape index (κ2) is 9.02. The topological polar surface area (TPSA) is 76.2 Å². The number of rotatable bonds is 6. The molecule has 0 spiro atoms. The Balaban J connectivity index is 1.50. The molecule has 3 atom stereocenters. The lowest BCUT2D eigenvalue weighted by Crippen LogP contribution is -2.66. The van der Waals surface area contributed by atoms with Crippen LogP contribution >= 0.6 is 0 Å². The smallest absolute Gasteiger partial charge is 0.411 e. The van der Waals surface area contributed by atoms with Gasteiger partial charge in [0.2, 0.25) is 0 Å². The van der Waals surface area contributed by atoms with E-state index in [0.29, 0.717) is 11.3 Å². The molecular weight excluding hydrogens is 432 g/mol. The molecule has 2 heterocycles. The van der Waals surface area contributed by atoms with E-state index in [1.54, 1.807) is 41.0 Å². The van der Waals surface area contributed by atoms with Crippen LogP contribution in [0.2, 0.25) is 0 Å². The Hall–Kier alpha value is -4.13. The summed E-state index contributed by atoms with van der Waals surface area (Å²) in [4.78, 5) is 41.7. The van der Waals surface area contributed by atoms with Crippen LogP contribution in [-0.4, -0.2) is 42.1 Å². The third-order valence-electron chi connectivity index (χ3n) is 6.26.